The number of nitrogens with one attached hydrogen (secondary N) is 1. The monoisotopic (exact) mass is 271 g/mol. The van der Waals surface area contributed by atoms with Crippen LogP contribution in [0, 0.1) is 6.92 Å². The Morgan fingerprint density at radius 2 is 2.06 bits per heavy atom. The smallest absolute Gasteiger partial charge is 0.137 e. The molecule has 0 aliphatic carbocycles. The number of halogens is 1. The van der Waals surface area contributed by atoms with Gasteiger partial charge in [-0.1, -0.05) is 25.4 Å². The van der Waals surface area contributed by atoms with Crippen LogP contribution in [0.2, 0.25) is 5.15 Å². The highest BCUT2D eigenvalue weighted by Crippen LogP contribution is 2.20. The van der Waals surface area contributed by atoms with Crippen LogP contribution in [-0.4, -0.2) is 27.7 Å². The number of aliphatic hydroxyl groups is 1. The molecule has 2 N–H and O–H groups in total. The second kappa shape index (κ2) is 7.54. The van der Waals surface area contributed by atoms with Gasteiger partial charge in [-0.15, -0.1) is 0 Å². The first-order valence-electron chi connectivity index (χ1n) is 6.53. The van der Waals surface area contributed by atoms with Gasteiger partial charge in [0.2, 0.25) is 0 Å². The van der Waals surface area contributed by atoms with E-state index in [4.69, 9.17) is 11.6 Å². The molecule has 4 nitrogen and oxygen atoms in total. The molecule has 0 fully saturated rings. The fourth-order valence-electron chi connectivity index (χ4n) is 1.60. The van der Waals surface area contributed by atoms with E-state index in [1.807, 2.05) is 13.8 Å². The van der Waals surface area contributed by atoms with Gasteiger partial charge in [0.05, 0.1) is 6.10 Å². The third-order valence-corrected chi connectivity index (χ3v) is 3.22. The largest absolute Gasteiger partial charge is 0.393 e. The molecule has 0 spiro atoms. The van der Waals surface area contributed by atoms with Crippen LogP contribution in [0.4, 0.5) is 5.82 Å². The summed E-state index contributed by atoms with van der Waals surface area (Å²) >= 11 is 6.08. The van der Waals surface area contributed by atoms with E-state index in [1.54, 1.807) is 0 Å². The summed E-state index contributed by atoms with van der Waals surface area (Å²) in [5.74, 6) is 1.55. The molecular weight excluding hydrogens is 250 g/mol. The molecule has 0 amide bonds. The summed E-state index contributed by atoms with van der Waals surface area (Å²) in [5, 5.41) is 13.2. The molecule has 0 aromatic carbocycles. The highest BCUT2D eigenvalue weighted by atomic mass is 35.5. The van der Waals surface area contributed by atoms with E-state index < -0.39 is 0 Å². The van der Waals surface area contributed by atoms with Crippen LogP contribution < -0.4 is 5.32 Å². The van der Waals surface area contributed by atoms with Gasteiger partial charge in [-0.3, -0.25) is 0 Å². The number of hydrogen-bond donors (Lipinski definition) is 2. The Morgan fingerprint density at radius 1 is 1.33 bits per heavy atom. The molecule has 18 heavy (non-hydrogen) atoms. The molecule has 0 aliphatic rings. The highest BCUT2D eigenvalue weighted by Gasteiger charge is 2.09. The van der Waals surface area contributed by atoms with Crippen molar-refractivity contribution in [1.29, 1.82) is 0 Å². The van der Waals surface area contributed by atoms with Crippen molar-refractivity contribution in [3.63, 3.8) is 0 Å². The van der Waals surface area contributed by atoms with Crippen LogP contribution in [0.1, 0.15) is 44.5 Å². The van der Waals surface area contributed by atoms with Gasteiger partial charge in [0.1, 0.15) is 16.8 Å². The Bertz CT molecular complexity index is 385. The van der Waals surface area contributed by atoms with E-state index in [0.29, 0.717) is 18.1 Å². The first kappa shape index (κ1) is 15.2. The standard InChI is InChI=1S/C13H22ClN3O/c1-4-6-11-16-12(14)9(3)13(17-11)15-8-7-10(18)5-2/h10,18H,4-8H2,1-3H3,(H,15,16,17). The van der Waals surface area contributed by atoms with Crippen molar-refractivity contribution < 1.29 is 5.11 Å². The van der Waals surface area contributed by atoms with Gasteiger partial charge in [-0.2, -0.15) is 0 Å². The van der Waals surface area contributed by atoms with Gasteiger partial charge in [0.15, 0.2) is 0 Å². The van der Waals surface area contributed by atoms with Crippen molar-refractivity contribution in [2.24, 2.45) is 0 Å². The number of aromatic nitrogens is 2. The lowest BCUT2D eigenvalue weighted by Crippen LogP contribution is -2.14. The molecule has 1 aromatic rings. The lowest BCUT2D eigenvalue weighted by Gasteiger charge is -2.12. The molecular formula is C13H22ClN3O. The van der Waals surface area contributed by atoms with Crippen molar-refractivity contribution in [1.82, 2.24) is 9.97 Å². The zero-order chi connectivity index (χ0) is 13.5. The second-order valence-electron chi connectivity index (χ2n) is 4.43. The van der Waals surface area contributed by atoms with Crippen molar-refractivity contribution in [2.45, 2.75) is 52.6 Å². The first-order valence-corrected chi connectivity index (χ1v) is 6.91. The summed E-state index contributed by atoms with van der Waals surface area (Å²) in [6, 6.07) is 0. The molecule has 1 rings (SSSR count). The fraction of sp³-hybridized carbons (Fsp3) is 0.692. The summed E-state index contributed by atoms with van der Waals surface area (Å²) in [6.07, 6.45) is 3.04. The van der Waals surface area contributed by atoms with E-state index in [0.717, 1.165) is 36.5 Å². The molecule has 5 heteroatoms. The molecule has 1 unspecified atom stereocenters. The lowest BCUT2D eigenvalue weighted by atomic mass is 10.2. The Kier molecular flexibility index (Phi) is 6.36. The zero-order valence-electron chi connectivity index (χ0n) is 11.3. The summed E-state index contributed by atoms with van der Waals surface area (Å²) < 4.78 is 0. The van der Waals surface area contributed by atoms with Crippen LogP contribution in [0.15, 0.2) is 0 Å². The Balaban J connectivity index is 2.68. The molecule has 1 atom stereocenters. The van der Waals surface area contributed by atoms with Crippen LogP contribution in [0.3, 0.4) is 0 Å². The summed E-state index contributed by atoms with van der Waals surface area (Å²) in [6.45, 7) is 6.64. The Hall–Kier alpha value is -0.870. The number of aryl methyl sites for hydroxylation is 1. The Morgan fingerprint density at radius 3 is 2.67 bits per heavy atom. The SMILES string of the molecule is CCCc1nc(Cl)c(C)c(NCCC(O)CC)n1. The van der Waals surface area contributed by atoms with Gasteiger partial charge >= 0.3 is 0 Å². The van der Waals surface area contributed by atoms with Crippen molar-refractivity contribution in [3.05, 3.63) is 16.5 Å². The molecule has 0 saturated carbocycles. The lowest BCUT2D eigenvalue weighted by molar-refractivity contribution is 0.164. The average Bonchev–Trinajstić information content (AvgIpc) is 2.35. The second-order valence-corrected chi connectivity index (χ2v) is 4.79. The van der Waals surface area contributed by atoms with Crippen molar-refractivity contribution >= 4 is 17.4 Å². The summed E-state index contributed by atoms with van der Waals surface area (Å²) in [4.78, 5) is 8.70. The van der Waals surface area contributed by atoms with Crippen LogP contribution in [0.25, 0.3) is 0 Å². The molecule has 102 valence electrons. The van der Waals surface area contributed by atoms with Crippen LogP contribution in [0.5, 0.6) is 0 Å². The van der Waals surface area contributed by atoms with Crippen LogP contribution >= 0.6 is 11.6 Å². The maximum Gasteiger partial charge on any atom is 0.137 e. The van der Waals surface area contributed by atoms with E-state index in [9.17, 15) is 5.11 Å². The number of hydrogen-bond acceptors (Lipinski definition) is 4. The van der Waals surface area contributed by atoms with Crippen LogP contribution in [-0.2, 0) is 6.42 Å². The van der Waals surface area contributed by atoms with Gasteiger partial charge in [-0.25, -0.2) is 9.97 Å². The minimum Gasteiger partial charge on any atom is -0.393 e. The number of aliphatic hydroxyl groups excluding tert-OH is 1. The molecule has 0 saturated heterocycles. The first-order chi connectivity index (χ1) is 8.58. The molecule has 0 bridgehead atoms. The third-order valence-electron chi connectivity index (χ3n) is 2.85. The predicted molar refractivity (Wildman–Crippen MR) is 75.2 cm³/mol. The molecule has 1 heterocycles. The van der Waals surface area contributed by atoms with Crippen molar-refractivity contribution in [2.75, 3.05) is 11.9 Å². The molecule has 0 radical (unpaired) electrons. The predicted octanol–water partition coefficient (Wildman–Crippen LogP) is 2.96. The summed E-state index contributed by atoms with van der Waals surface area (Å²) in [5.41, 5.74) is 0.863. The molecule has 1 aromatic heterocycles. The minimum atomic E-state index is -0.259. The molecule has 0 aliphatic heterocycles. The van der Waals surface area contributed by atoms with E-state index >= 15 is 0 Å². The topological polar surface area (TPSA) is 58.0 Å². The fourth-order valence-corrected chi connectivity index (χ4v) is 1.79. The van der Waals surface area contributed by atoms with Gasteiger partial charge in [0, 0.05) is 18.5 Å². The normalized spacial score (nSPS) is 12.5. The minimum absolute atomic E-state index is 0.259. The Labute approximate surface area is 114 Å². The van der Waals surface area contributed by atoms with Gasteiger partial charge in [0.25, 0.3) is 0 Å². The average molecular weight is 272 g/mol. The van der Waals surface area contributed by atoms with Gasteiger partial charge < -0.3 is 10.4 Å². The number of anilines is 1. The third kappa shape index (κ3) is 4.42. The summed E-state index contributed by atoms with van der Waals surface area (Å²) in [7, 11) is 0. The number of nitrogens with zero attached hydrogens (tertiary/aromatic N) is 2. The zero-order valence-corrected chi connectivity index (χ0v) is 12.1. The van der Waals surface area contributed by atoms with E-state index in [1.165, 1.54) is 0 Å². The van der Waals surface area contributed by atoms with Crippen molar-refractivity contribution in [3.8, 4) is 0 Å². The maximum absolute atomic E-state index is 9.50. The van der Waals surface area contributed by atoms with Gasteiger partial charge in [-0.05, 0) is 26.2 Å². The van der Waals surface area contributed by atoms with E-state index in [-0.39, 0.29) is 6.10 Å². The number of rotatable bonds is 7. The van der Waals surface area contributed by atoms with E-state index in [2.05, 4.69) is 22.2 Å². The maximum atomic E-state index is 9.50. The quantitative estimate of drug-likeness (QED) is 0.749. The highest BCUT2D eigenvalue weighted by molar-refractivity contribution is 6.30.